The predicted molar refractivity (Wildman–Crippen MR) is 71.7 cm³/mol. The molecule has 0 saturated carbocycles. The molecule has 0 bridgehead atoms. The highest BCUT2D eigenvalue weighted by Gasteiger charge is 2.18. The van der Waals surface area contributed by atoms with E-state index in [0.717, 1.165) is 5.69 Å². The molecule has 2 aromatic rings. The number of rotatable bonds is 2. The SMILES string of the molecule is Cc1cnc(C(=O)Nc2cc3c(cc2N)OCO3)cn1. The van der Waals surface area contributed by atoms with E-state index in [9.17, 15) is 4.79 Å². The normalized spacial score (nSPS) is 12.2. The minimum absolute atomic E-state index is 0.148. The maximum absolute atomic E-state index is 12.0. The van der Waals surface area contributed by atoms with E-state index >= 15 is 0 Å². The van der Waals surface area contributed by atoms with Gasteiger partial charge in [-0.25, -0.2) is 4.98 Å². The zero-order valence-electron chi connectivity index (χ0n) is 10.7. The number of nitrogen functional groups attached to an aromatic ring is 1. The van der Waals surface area contributed by atoms with Crippen molar-refractivity contribution in [3.05, 3.63) is 35.9 Å². The minimum atomic E-state index is -0.386. The van der Waals surface area contributed by atoms with Crippen LogP contribution >= 0.6 is 0 Å². The monoisotopic (exact) mass is 272 g/mol. The van der Waals surface area contributed by atoms with E-state index in [-0.39, 0.29) is 18.4 Å². The summed E-state index contributed by atoms with van der Waals surface area (Å²) < 4.78 is 10.4. The van der Waals surface area contributed by atoms with Crippen LogP contribution in [0.1, 0.15) is 16.2 Å². The van der Waals surface area contributed by atoms with Crippen molar-refractivity contribution >= 4 is 17.3 Å². The smallest absolute Gasteiger partial charge is 0.275 e. The Morgan fingerprint density at radius 2 is 2.00 bits per heavy atom. The number of nitrogens with two attached hydrogens (primary N) is 1. The van der Waals surface area contributed by atoms with E-state index in [2.05, 4.69) is 15.3 Å². The first kappa shape index (κ1) is 12.2. The summed E-state index contributed by atoms with van der Waals surface area (Å²) >= 11 is 0. The zero-order valence-corrected chi connectivity index (χ0v) is 10.7. The second kappa shape index (κ2) is 4.69. The Hall–Kier alpha value is -2.83. The third-order valence-electron chi connectivity index (χ3n) is 2.81. The maximum Gasteiger partial charge on any atom is 0.275 e. The van der Waals surface area contributed by atoms with Gasteiger partial charge in [0.2, 0.25) is 6.79 Å². The van der Waals surface area contributed by atoms with Crippen LogP contribution in [0, 0.1) is 6.92 Å². The Labute approximate surface area is 114 Å². The number of anilines is 2. The fourth-order valence-electron chi connectivity index (χ4n) is 1.76. The lowest BCUT2D eigenvalue weighted by Gasteiger charge is -2.08. The molecule has 1 aliphatic heterocycles. The molecule has 102 valence electrons. The molecule has 7 heteroatoms. The standard InChI is InChI=1S/C13H12N4O3/c1-7-4-16-10(5-15-7)13(18)17-9-3-12-11(2-8(9)14)19-6-20-12/h2-5H,6,14H2,1H3,(H,17,18). The molecule has 1 amide bonds. The lowest BCUT2D eigenvalue weighted by Crippen LogP contribution is -2.15. The van der Waals surface area contributed by atoms with Gasteiger partial charge in [0.1, 0.15) is 5.69 Å². The van der Waals surface area contributed by atoms with Gasteiger partial charge in [-0.2, -0.15) is 0 Å². The molecule has 1 aliphatic rings. The van der Waals surface area contributed by atoms with Crippen LogP contribution in [0.5, 0.6) is 11.5 Å². The van der Waals surface area contributed by atoms with Crippen molar-refractivity contribution in [3.8, 4) is 11.5 Å². The van der Waals surface area contributed by atoms with Crippen LogP contribution in [0.25, 0.3) is 0 Å². The first-order valence-corrected chi connectivity index (χ1v) is 5.92. The number of aryl methyl sites for hydroxylation is 1. The molecule has 2 heterocycles. The van der Waals surface area contributed by atoms with Gasteiger partial charge in [0.25, 0.3) is 5.91 Å². The Bertz CT molecular complexity index is 670. The highest BCUT2D eigenvalue weighted by Crippen LogP contribution is 2.38. The summed E-state index contributed by atoms with van der Waals surface area (Å²) in [5.41, 5.74) is 7.65. The van der Waals surface area contributed by atoms with Gasteiger partial charge in [0.05, 0.1) is 23.3 Å². The number of amides is 1. The second-order valence-corrected chi connectivity index (χ2v) is 4.29. The maximum atomic E-state index is 12.0. The zero-order chi connectivity index (χ0) is 14.1. The number of hydrogen-bond acceptors (Lipinski definition) is 6. The van der Waals surface area contributed by atoms with Gasteiger partial charge in [0.15, 0.2) is 11.5 Å². The van der Waals surface area contributed by atoms with Crippen molar-refractivity contribution in [1.82, 2.24) is 9.97 Å². The van der Waals surface area contributed by atoms with E-state index in [1.165, 1.54) is 12.4 Å². The number of carbonyl (C=O) groups excluding carboxylic acids is 1. The fourth-order valence-corrected chi connectivity index (χ4v) is 1.76. The van der Waals surface area contributed by atoms with Crippen LogP contribution in [-0.2, 0) is 0 Å². The molecule has 20 heavy (non-hydrogen) atoms. The van der Waals surface area contributed by atoms with Crippen LogP contribution in [0.15, 0.2) is 24.5 Å². The van der Waals surface area contributed by atoms with Gasteiger partial charge in [-0.1, -0.05) is 0 Å². The van der Waals surface area contributed by atoms with Gasteiger partial charge in [-0.15, -0.1) is 0 Å². The summed E-state index contributed by atoms with van der Waals surface area (Å²) in [4.78, 5) is 20.1. The predicted octanol–water partition coefficient (Wildman–Crippen LogP) is 1.35. The highest BCUT2D eigenvalue weighted by atomic mass is 16.7. The molecule has 7 nitrogen and oxygen atoms in total. The molecular formula is C13H12N4O3. The number of nitrogens with one attached hydrogen (secondary N) is 1. The molecule has 0 saturated heterocycles. The van der Waals surface area contributed by atoms with Gasteiger partial charge in [-0.3, -0.25) is 9.78 Å². The van der Waals surface area contributed by atoms with Crippen molar-refractivity contribution in [2.45, 2.75) is 6.92 Å². The third-order valence-corrected chi connectivity index (χ3v) is 2.81. The molecule has 3 N–H and O–H groups in total. The van der Waals surface area contributed by atoms with Crippen molar-refractivity contribution in [2.75, 3.05) is 17.8 Å². The van der Waals surface area contributed by atoms with Gasteiger partial charge < -0.3 is 20.5 Å². The summed E-state index contributed by atoms with van der Waals surface area (Å²) in [6, 6.07) is 3.23. The Balaban J connectivity index is 1.84. The molecule has 1 aromatic heterocycles. The number of benzene rings is 1. The average molecular weight is 272 g/mol. The van der Waals surface area contributed by atoms with Gasteiger partial charge >= 0.3 is 0 Å². The number of fused-ring (bicyclic) bond motifs is 1. The Morgan fingerprint density at radius 1 is 1.25 bits per heavy atom. The van der Waals surface area contributed by atoms with Gasteiger partial charge in [-0.05, 0) is 6.92 Å². The van der Waals surface area contributed by atoms with E-state index < -0.39 is 0 Å². The summed E-state index contributed by atoms with van der Waals surface area (Å²) in [5, 5.41) is 2.67. The average Bonchev–Trinajstić information content (AvgIpc) is 2.87. The van der Waals surface area contributed by atoms with Crippen LogP contribution in [0.3, 0.4) is 0 Å². The third kappa shape index (κ3) is 2.20. The number of nitrogens with zero attached hydrogens (tertiary/aromatic N) is 2. The summed E-state index contributed by atoms with van der Waals surface area (Å²) in [7, 11) is 0. The van der Waals surface area contributed by atoms with Crippen molar-refractivity contribution < 1.29 is 14.3 Å². The lowest BCUT2D eigenvalue weighted by atomic mass is 10.2. The number of ether oxygens (including phenoxy) is 2. The molecule has 0 spiro atoms. The lowest BCUT2D eigenvalue weighted by molar-refractivity contribution is 0.102. The second-order valence-electron chi connectivity index (χ2n) is 4.29. The van der Waals surface area contributed by atoms with E-state index in [4.69, 9.17) is 15.2 Å². The molecule has 0 fully saturated rings. The van der Waals surface area contributed by atoms with E-state index in [0.29, 0.717) is 22.9 Å². The number of aromatic nitrogens is 2. The van der Waals surface area contributed by atoms with Crippen LogP contribution in [0.2, 0.25) is 0 Å². The molecule has 0 radical (unpaired) electrons. The molecule has 3 rings (SSSR count). The number of carbonyl (C=O) groups is 1. The number of hydrogen-bond donors (Lipinski definition) is 2. The van der Waals surface area contributed by atoms with Crippen molar-refractivity contribution in [1.29, 1.82) is 0 Å². The molecule has 0 atom stereocenters. The Kier molecular flexibility index (Phi) is 2.86. The first-order valence-electron chi connectivity index (χ1n) is 5.92. The topological polar surface area (TPSA) is 99.4 Å². The van der Waals surface area contributed by atoms with Gasteiger partial charge in [0, 0.05) is 18.3 Å². The van der Waals surface area contributed by atoms with Crippen molar-refractivity contribution in [2.24, 2.45) is 0 Å². The van der Waals surface area contributed by atoms with Crippen molar-refractivity contribution in [3.63, 3.8) is 0 Å². The summed E-state index contributed by atoms with van der Waals surface area (Å²) in [6.45, 7) is 1.94. The summed E-state index contributed by atoms with van der Waals surface area (Å²) in [6.07, 6.45) is 2.94. The molecule has 1 aromatic carbocycles. The quantitative estimate of drug-likeness (QED) is 0.800. The Morgan fingerprint density at radius 3 is 2.70 bits per heavy atom. The molecule has 0 unspecified atom stereocenters. The van der Waals surface area contributed by atoms with Crippen LogP contribution in [-0.4, -0.2) is 22.7 Å². The van der Waals surface area contributed by atoms with Crippen LogP contribution < -0.4 is 20.5 Å². The van der Waals surface area contributed by atoms with E-state index in [1.54, 1.807) is 19.1 Å². The van der Waals surface area contributed by atoms with E-state index in [1.807, 2.05) is 0 Å². The minimum Gasteiger partial charge on any atom is -0.454 e. The first-order chi connectivity index (χ1) is 9.63. The highest BCUT2D eigenvalue weighted by molar-refractivity contribution is 6.04. The molecule has 0 aliphatic carbocycles. The largest absolute Gasteiger partial charge is 0.454 e. The summed E-state index contributed by atoms with van der Waals surface area (Å²) in [5.74, 6) is 0.725. The van der Waals surface area contributed by atoms with Crippen LogP contribution in [0.4, 0.5) is 11.4 Å². The fraction of sp³-hybridized carbons (Fsp3) is 0.154. The molecular weight excluding hydrogens is 260 g/mol.